The summed E-state index contributed by atoms with van der Waals surface area (Å²) in [5.74, 6) is 0. The van der Waals surface area contributed by atoms with Crippen LogP contribution in [0.15, 0.2) is 12.7 Å². The van der Waals surface area contributed by atoms with E-state index in [2.05, 4.69) is 22.9 Å². The van der Waals surface area contributed by atoms with Crippen LogP contribution in [0.1, 0.15) is 0 Å². The van der Waals surface area contributed by atoms with Crippen molar-refractivity contribution in [3.8, 4) is 0 Å². The Labute approximate surface area is 40.4 Å². The largest absolute Gasteiger partial charge is 0.412 e. The Bertz CT molecular complexity index is 20.9. The van der Waals surface area contributed by atoms with Gasteiger partial charge < -0.3 is 5.48 Å². The summed E-state index contributed by atoms with van der Waals surface area (Å²) in [6.45, 7) is 3.46. The minimum absolute atomic E-state index is 0. The highest BCUT2D eigenvalue weighted by Crippen LogP contribution is 1.61. The molecule has 0 fully saturated rings. The normalized spacial score (nSPS) is 4.80. The summed E-state index contributed by atoms with van der Waals surface area (Å²) in [5.41, 5.74) is 0. The van der Waals surface area contributed by atoms with Crippen LogP contribution >= 0.6 is 0 Å². The van der Waals surface area contributed by atoms with Gasteiger partial charge in [-0.2, -0.15) is 0 Å². The maximum Gasteiger partial charge on any atom is 0.124 e. The van der Waals surface area contributed by atoms with Crippen LogP contribution in [0.2, 0.25) is 5.28 Å². The summed E-state index contributed by atoms with van der Waals surface area (Å²) >= 11 is 2.54. The molecule has 2 radical (unpaired) electrons. The van der Waals surface area contributed by atoms with Gasteiger partial charge in [0.1, 0.15) is 16.3 Å². The molecule has 5 heavy (non-hydrogen) atoms. The van der Waals surface area contributed by atoms with E-state index in [1.54, 1.807) is 0 Å². The standard InChI is InChI=1S/C3H5.Al.H2O/c1-3-2;;/h3H,1-2H2;;1H2. The second kappa shape index (κ2) is 8.87. The minimum atomic E-state index is 0. The molecule has 1 nitrogen and oxygen atoms in total. The van der Waals surface area contributed by atoms with E-state index in [1.165, 1.54) is 0 Å². The van der Waals surface area contributed by atoms with E-state index in [1.807, 2.05) is 6.08 Å². The third-order valence-electron chi connectivity index (χ3n) is 0.167. The first-order chi connectivity index (χ1) is 1.91. The molecule has 0 aromatic heterocycles. The number of rotatable bonds is 1. The van der Waals surface area contributed by atoms with E-state index in [4.69, 9.17) is 0 Å². The van der Waals surface area contributed by atoms with Crippen LogP contribution in [-0.2, 0) is 0 Å². The van der Waals surface area contributed by atoms with Crippen LogP contribution in [0.3, 0.4) is 0 Å². The molecule has 0 rings (SSSR count). The van der Waals surface area contributed by atoms with Crippen molar-refractivity contribution in [2.45, 2.75) is 5.28 Å². The topological polar surface area (TPSA) is 31.5 Å². The molecule has 0 aromatic rings. The molecule has 0 aromatic carbocycles. The Morgan fingerprint density at radius 1 is 1.80 bits per heavy atom. The molecule has 0 aliphatic heterocycles. The van der Waals surface area contributed by atoms with E-state index < -0.39 is 0 Å². The maximum absolute atomic E-state index is 3.46. The summed E-state index contributed by atoms with van der Waals surface area (Å²) in [6.07, 6.45) is 1.84. The second-order valence-corrected chi connectivity index (χ2v) is 0.996. The first-order valence-electron chi connectivity index (χ1n) is 1.22. The molecule has 0 saturated carbocycles. The average Bonchev–Trinajstić information content (AvgIpc) is 1.37. The van der Waals surface area contributed by atoms with Crippen molar-refractivity contribution < 1.29 is 5.48 Å². The van der Waals surface area contributed by atoms with E-state index in [-0.39, 0.29) is 5.48 Å². The second-order valence-electron chi connectivity index (χ2n) is 0.524. The van der Waals surface area contributed by atoms with Gasteiger partial charge in [0, 0.05) is 0 Å². The van der Waals surface area contributed by atoms with Crippen molar-refractivity contribution in [3.05, 3.63) is 12.7 Å². The lowest BCUT2D eigenvalue weighted by Gasteiger charge is -1.58. The zero-order chi connectivity index (χ0) is 3.41. The van der Waals surface area contributed by atoms with Gasteiger partial charge in [-0.25, -0.2) is 0 Å². The fraction of sp³-hybridized carbons (Fsp3) is 0.333. The van der Waals surface area contributed by atoms with Crippen molar-refractivity contribution >= 4 is 16.3 Å². The highest BCUT2D eigenvalue weighted by molar-refractivity contribution is 6.09. The van der Waals surface area contributed by atoms with Crippen molar-refractivity contribution in [1.29, 1.82) is 0 Å². The van der Waals surface area contributed by atoms with Gasteiger partial charge >= 0.3 is 0 Å². The molecular weight excluding hydrogens is 79.0 g/mol. The number of hydrogen-bond acceptors (Lipinski definition) is 0. The average molecular weight is 86.1 g/mol. The summed E-state index contributed by atoms with van der Waals surface area (Å²) < 4.78 is 0. The monoisotopic (exact) mass is 86.0 g/mol. The van der Waals surface area contributed by atoms with E-state index >= 15 is 0 Å². The highest BCUT2D eigenvalue weighted by Gasteiger charge is 1.46. The van der Waals surface area contributed by atoms with Gasteiger partial charge in [-0.15, -0.1) is 17.9 Å². The molecule has 0 aliphatic rings. The third-order valence-corrected chi connectivity index (χ3v) is 0.500. The molecule has 0 amide bonds. The predicted molar refractivity (Wildman–Crippen MR) is 24.4 cm³/mol. The molecule has 0 saturated heterocycles. The fourth-order valence-corrected chi connectivity index (χ4v) is 0. The van der Waals surface area contributed by atoms with Gasteiger partial charge in [-0.05, 0) is 0 Å². The summed E-state index contributed by atoms with van der Waals surface area (Å²) in [4.78, 5) is 0. The molecule has 2 N–H and O–H groups in total. The highest BCUT2D eigenvalue weighted by atomic mass is 27.0. The SMILES string of the molecule is C=C[CH2][Al].O. The molecule has 0 heterocycles. The summed E-state index contributed by atoms with van der Waals surface area (Å²) in [6, 6.07) is 0. The molecule has 28 valence electrons. The maximum atomic E-state index is 3.46. The first-order valence-corrected chi connectivity index (χ1v) is 2.04. The van der Waals surface area contributed by atoms with Gasteiger partial charge in [0.15, 0.2) is 0 Å². The van der Waals surface area contributed by atoms with Gasteiger partial charge in [0.05, 0.1) is 0 Å². The van der Waals surface area contributed by atoms with Crippen LogP contribution in [0.5, 0.6) is 0 Å². The molecule has 0 spiro atoms. The lowest BCUT2D eigenvalue weighted by molar-refractivity contribution is 0.824. The van der Waals surface area contributed by atoms with Crippen molar-refractivity contribution in [2.75, 3.05) is 0 Å². The molecule has 2 heteroatoms. The molecule has 0 bridgehead atoms. The zero-order valence-electron chi connectivity index (χ0n) is 3.07. The van der Waals surface area contributed by atoms with Gasteiger partial charge in [-0.3, -0.25) is 0 Å². The minimum Gasteiger partial charge on any atom is -0.412 e. The van der Waals surface area contributed by atoms with E-state index in [0.29, 0.717) is 0 Å². The predicted octanol–water partition coefficient (Wildman–Crippen LogP) is -0.0655. The van der Waals surface area contributed by atoms with E-state index in [0.717, 1.165) is 5.28 Å². The van der Waals surface area contributed by atoms with E-state index in [9.17, 15) is 0 Å². The van der Waals surface area contributed by atoms with Gasteiger partial charge in [0.2, 0.25) is 0 Å². The quantitative estimate of drug-likeness (QED) is 0.316. The molecule has 0 atom stereocenters. The number of allylic oxidation sites excluding steroid dienone is 1. The first kappa shape index (κ1) is 8.97. The molecular formula is C3H7AlO. The van der Waals surface area contributed by atoms with Crippen molar-refractivity contribution in [1.82, 2.24) is 0 Å². The van der Waals surface area contributed by atoms with Gasteiger partial charge in [-0.1, -0.05) is 0 Å². The van der Waals surface area contributed by atoms with Crippen LogP contribution in [0.25, 0.3) is 0 Å². The lowest BCUT2D eigenvalue weighted by Crippen LogP contribution is -1.47. The Morgan fingerprint density at radius 2 is 2.00 bits per heavy atom. The summed E-state index contributed by atoms with van der Waals surface area (Å²) in [7, 11) is 0. The summed E-state index contributed by atoms with van der Waals surface area (Å²) in [5, 5.41) is 1.00. The van der Waals surface area contributed by atoms with Crippen LogP contribution in [0.4, 0.5) is 0 Å². The Hall–Kier alpha value is 0.232. The Balaban J connectivity index is 0. The smallest absolute Gasteiger partial charge is 0.124 e. The van der Waals surface area contributed by atoms with Crippen molar-refractivity contribution in [3.63, 3.8) is 0 Å². The van der Waals surface area contributed by atoms with Crippen LogP contribution in [-0.4, -0.2) is 21.8 Å². The third kappa shape index (κ3) is 13.9. The molecule has 0 aliphatic carbocycles. The van der Waals surface area contributed by atoms with Gasteiger partial charge in [0.25, 0.3) is 0 Å². The van der Waals surface area contributed by atoms with Crippen LogP contribution in [0, 0.1) is 0 Å². The van der Waals surface area contributed by atoms with Crippen molar-refractivity contribution in [2.24, 2.45) is 0 Å². The fourth-order valence-electron chi connectivity index (χ4n) is 0. The Kier molecular flexibility index (Phi) is 15.9. The number of hydrogen-bond donors (Lipinski definition) is 0. The molecule has 0 unspecified atom stereocenters. The van der Waals surface area contributed by atoms with Crippen LogP contribution < -0.4 is 0 Å². The Morgan fingerprint density at radius 3 is 2.00 bits per heavy atom. The zero-order valence-corrected chi connectivity index (χ0v) is 4.22. The lowest BCUT2D eigenvalue weighted by atomic mass is 10.8.